The Balaban J connectivity index is 1.80. The topological polar surface area (TPSA) is 47.6 Å². The van der Waals surface area contributed by atoms with Crippen LogP contribution in [0.1, 0.15) is 26.2 Å². The summed E-state index contributed by atoms with van der Waals surface area (Å²) in [7, 11) is 0. The van der Waals surface area contributed by atoms with Gasteiger partial charge in [-0.3, -0.25) is 10.1 Å². The van der Waals surface area contributed by atoms with Crippen LogP contribution in [0, 0.1) is 0 Å². The number of hydrogen-bond acceptors (Lipinski definition) is 4. The van der Waals surface area contributed by atoms with E-state index in [9.17, 15) is 4.79 Å². The van der Waals surface area contributed by atoms with Gasteiger partial charge in [0.15, 0.2) is 0 Å². The summed E-state index contributed by atoms with van der Waals surface area (Å²) in [5.41, 5.74) is 0.0446. The largest absolute Gasteiger partial charge is 0.465 e. The van der Waals surface area contributed by atoms with Gasteiger partial charge >= 0.3 is 5.97 Å². The molecule has 0 aromatic heterocycles. The molecule has 4 nitrogen and oxygen atoms in total. The van der Waals surface area contributed by atoms with Gasteiger partial charge in [0.1, 0.15) is 6.04 Å². The van der Waals surface area contributed by atoms with Crippen molar-refractivity contribution < 1.29 is 14.3 Å². The van der Waals surface area contributed by atoms with Crippen LogP contribution in [-0.2, 0) is 14.3 Å². The number of hydrogen-bond donors (Lipinski definition) is 1. The van der Waals surface area contributed by atoms with Crippen LogP contribution in [0.5, 0.6) is 0 Å². The minimum atomic E-state index is -0.263. The van der Waals surface area contributed by atoms with Gasteiger partial charge in [-0.1, -0.05) is 0 Å². The lowest BCUT2D eigenvalue weighted by molar-refractivity contribution is -0.163. The van der Waals surface area contributed by atoms with Crippen molar-refractivity contribution in [2.75, 3.05) is 19.8 Å². The lowest BCUT2D eigenvalue weighted by Gasteiger charge is -2.46. The predicted octanol–water partition coefficient (Wildman–Crippen LogP) is 0.461. The Hall–Kier alpha value is -0.610. The second-order valence-corrected chi connectivity index (χ2v) is 4.03. The molecule has 80 valence electrons. The molecule has 0 bridgehead atoms. The molecule has 1 spiro atoms. The summed E-state index contributed by atoms with van der Waals surface area (Å²) >= 11 is 0. The first kappa shape index (κ1) is 9.93. The number of ether oxygens (including phenoxy) is 2. The molecular weight excluding hydrogens is 182 g/mol. The molecule has 2 fully saturated rings. The van der Waals surface area contributed by atoms with Gasteiger partial charge in [0.25, 0.3) is 0 Å². The highest BCUT2D eigenvalue weighted by Crippen LogP contribution is 2.36. The van der Waals surface area contributed by atoms with Gasteiger partial charge in [-0.25, -0.2) is 0 Å². The summed E-state index contributed by atoms with van der Waals surface area (Å²) in [6, 6.07) is -0.263. The number of esters is 1. The molecule has 0 aromatic rings. The lowest BCUT2D eigenvalue weighted by atomic mass is 9.79. The van der Waals surface area contributed by atoms with Gasteiger partial charge in [0, 0.05) is 6.54 Å². The van der Waals surface area contributed by atoms with Crippen molar-refractivity contribution >= 4 is 5.97 Å². The van der Waals surface area contributed by atoms with E-state index in [1.807, 2.05) is 6.92 Å². The molecule has 4 heteroatoms. The minimum Gasteiger partial charge on any atom is -0.465 e. The molecule has 1 heterocycles. The molecule has 1 saturated heterocycles. The Kier molecular flexibility index (Phi) is 2.74. The maximum absolute atomic E-state index is 11.4. The first-order valence-corrected chi connectivity index (χ1v) is 5.30. The van der Waals surface area contributed by atoms with E-state index in [1.54, 1.807) is 0 Å². The van der Waals surface area contributed by atoms with E-state index in [4.69, 9.17) is 9.47 Å². The molecule has 1 N–H and O–H groups in total. The Bertz CT molecular complexity index is 215. The van der Waals surface area contributed by atoms with Crippen LogP contribution in [0.4, 0.5) is 0 Å². The smallest absolute Gasteiger partial charge is 0.325 e. The molecule has 1 saturated carbocycles. The minimum absolute atomic E-state index is 0.0446. The summed E-state index contributed by atoms with van der Waals surface area (Å²) < 4.78 is 10.6. The summed E-state index contributed by atoms with van der Waals surface area (Å²) in [4.78, 5) is 11.4. The van der Waals surface area contributed by atoms with Crippen molar-refractivity contribution in [3.8, 4) is 0 Å². The van der Waals surface area contributed by atoms with Crippen LogP contribution in [0.15, 0.2) is 0 Å². The van der Waals surface area contributed by atoms with Crippen molar-refractivity contribution in [1.82, 2.24) is 5.32 Å². The zero-order valence-corrected chi connectivity index (χ0v) is 8.54. The normalized spacial score (nSPS) is 29.6. The van der Waals surface area contributed by atoms with Gasteiger partial charge in [-0.05, 0) is 26.2 Å². The summed E-state index contributed by atoms with van der Waals surface area (Å²) in [5, 5.41) is 3.20. The molecule has 14 heavy (non-hydrogen) atoms. The fraction of sp³-hybridized carbons (Fsp3) is 0.900. The Labute approximate surface area is 84.0 Å². The second-order valence-electron chi connectivity index (χ2n) is 4.03. The average molecular weight is 199 g/mol. The molecule has 0 amide bonds. The molecule has 0 aromatic carbocycles. The van der Waals surface area contributed by atoms with E-state index >= 15 is 0 Å². The van der Waals surface area contributed by atoms with Crippen molar-refractivity contribution in [2.24, 2.45) is 0 Å². The van der Waals surface area contributed by atoms with E-state index in [0.29, 0.717) is 13.2 Å². The highest BCUT2D eigenvalue weighted by Gasteiger charge is 2.43. The van der Waals surface area contributed by atoms with Crippen molar-refractivity contribution in [3.63, 3.8) is 0 Å². The second kappa shape index (κ2) is 3.87. The van der Waals surface area contributed by atoms with Crippen LogP contribution in [-0.4, -0.2) is 37.4 Å². The summed E-state index contributed by atoms with van der Waals surface area (Å²) in [6.45, 7) is 3.49. The first-order chi connectivity index (χ1) is 6.76. The van der Waals surface area contributed by atoms with E-state index in [-0.39, 0.29) is 17.6 Å². The zero-order valence-electron chi connectivity index (χ0n) is 8.54. The van der Waals surface area contributed by atoms with Crippen LogP contribution < -0.4 is 5.32 Å². The number of nitrogens with one attached hydrogen (secondary N) is 1. The third kappa shape index (κ3) is 1.77. The monoisotopic (exact) mass is 199 g/mol. The third-order valence-corrected chi connectivity index (χ3v) is 3.06. The molecular formula is C10H17NO3. The number of morpholine rings is 1. The van der Waals surface area contributed by atoms with Gasteiger partial charge in [0.2, 0.25) is 0 Å². The highest BCUT2D eigenvalue weighted by molar-refractivity contribution is 5.76. The predicted molar refractivity (Wildman–Crippen MR) is 51.0 cm³/mol. The van der Waals surface area contributed by atoms with Crippen LogP contribution in [0.2, 0.25) is 0 Å². The standard InChI is InChI=1S/C10H17NO3/c1-2-13-9(12)8-6-14-10(7-11-8)4-3-5-10/h8,11H,2-7H2,1H3. The van der Waals surface area contributed by atoms with E-state index in [2.05, 4.69) is 5.32 Å². The van der Waals surface area contributed by atoms with Gasteiger partial charge < -0.3 is 9.47 Å². The molecule has 2 rings (SSSR count). The fourth-order valence-electron chi connectivity index (χ4n) is 1.97. The highest BCUT2D eigenvalue weighted by atomic mass is 16.5. The van der Waals surface area contributed by atoms with E-state index in [0.717, 1.165) is 19.4 Å². The van der Waals surface area contributed by atoms with Crippen LogP contribution in [0.25, 0.3) is 0 Å². The third-order valence-electron chi connectivity index (χ3n) is 3.06. The zero-order chi connectivity index (χ0) is 10.0. The van der Waals surface area contributed by atoms with E-state index in [1.165, 1.54) is 6.42 Å². The van der Waals surface area contributed by atoms with Gasteiger partial charge in [-0.15, -0.1) is 0 Å². The van der Waals surface area contributed by atoms with Crippen molar-refractivity contribution in [3.05, 3.63) is 0 Å². The molecule has 1 atom stereocenters. The summed E-state index contributed by atoms with van der Waals surface area (Å²) in [5.74, 6) is -0.193. The summed E-state index contributed by atoms with van der Waals surface area (Å²) in [6.07, 6.45) is 3.48. The van der Waals surface area contributed by atoms with E-state index < -0.39 is 0 Å². The van der Waals surface area contributed by atoms with Crippen molar-refractivity contribution in [1.29, 1.82) is 0 Å². The quantitative estimate of drug-likeness (QED) is 0.656. The maximum Gasteiger partial charge on any atom is 0.325 e. The number of rotatable bonds is 2. The Morgan fingerprint density at radius 3 is 2.86 bits per heavy atom. The van der Waals surface area contributed by atoms with Crippen LogP contribution >= 0.6 is 0 Å². The van der Waals surface area contributed by atoms with Crippen LogP contribution in [0.3, 0.4) is 0 Å². The molecule has 1 aliphatic carbocycles. The van der Waals surface area contributed by atoms with Crippen molar-refractivity contribution in [2.45, 2.75) is 37.8 Å². The molecule has 2 aliphatic rings. The Morgan fingerprint density at radius 1 is 1.64 bits per heavy atom. The lowest BCUT2D eigenvalue weighted by Crippen LogP contribution is -2.60. The SMILES string of the molecule is CCOC(=O)C1COC2(CCC2)CN1. The maximum atomic E-state index is 11.4. The van der Waals surface area contributed by atoms with Gasteiger partial charge in [-0.2, -0.15) is 0 Å². The molecule has 1 aliphatic heterocycles. The number of carbonyl (C=O) groups is 1. The average Bonchev–Trinajstić information content (AvgIpc) is 2.16. The van der Waals surface area contributed by atoms with Gasteiger partial charge in [0.05, 0.1) is 18.8 Å². The molecule has 0 radical (unpaired) electrons. The Morgan fingerprint density at radius 2 is 2.43 bits per heavy atom. The molecule has 1 unspecified atom stereocenters. The first-order valence-electron chi connectivity index (χ1n) is 5.30. The number of carbonyl (C=O) groups excluding carboxylic acids is 1. The fourth-order valence-corrected chi connectivity index (χ4v) is 1.97.